The third-order valence-electron chi connectivity index (χ3n) is 2.50. The number of benzene rings is 1. The zero-order valence-electron chi connectivity index (χ0n) is 10.5. The molecule has 0 atom stereocenters. The molecule has 8 heteroatoms. The minimum atomic E-state index is -3.84. The summed E-state index contributed by atoms with van der Waals surface area (Å²) < 4.78 is 31.2. The molecule has 0 aliphatic carbocycles. The number of ether oxygens (including phenoxy) is 1. The second-order valence-electron chi connectivity index (χ2n) is 3.88. The molecule has 0 amide bonds. The van der Waals surface area contributed by atoms with E-state index in [1.165, 1.54) is 31.4 Å². The van der Waals surface area contributed by atoms with E-state index in [2.05, 4.69) is 9.71 Å². The lowest BCUT2D eigenvalue weighted by Gasteiger charge is -2.09. The van der Waals surface area contributed by atoms with E-state index in [0.717, 1.165) is 12.3 Å². The molecule has 0 spiro atoms. The zero-order chi connectivity index (χ0) is 14.8. The van der Waals surface area contributed by atoms with Crippen molar-refractivity contribution in [3.05, 3.63) is 46.9 Å². The number of sulfonamides is 1. The first-order valence-electron chi connectivity index (χ1n) is 5.51. The van der Waals surface area contributed by atoms with Gasteiger partial charge in [0, 0.05) is 18.3 Å². The first-order chi connectivity index (χ1) is 9.42. The van der Waals surface area contributed by atoms with Gasteiger partial charge in [0.25, 0.3) is 10.0 Å². The molecule has 0 saturated carbocycles. The summed E-state index contributed by atoms with van der Waals surface area (Å²) in [6, 6.07) is 6.40. The molecule has 7 nitrogen and oxygen atoms in total. The number of phenols is 1. The maximum absolute atomic E-state index is 12.0. The van der Waals surface area contributed by atoms with Crippen molar-refractivity contribution in [2.24, 2.45) is 0 Å². The van der Waals surface area contributed by atoms with Gasteiger partial charge in [-0.3, -0.25) is 9.52 Å². The lowest BCUT2D eigenvalue weighted by atomic mass is 10.3. The smallest absolute Gasteiger partial charge is 0.263 e. The van der Waals surface area contributed by atoms with E-state index in [-0.39, 0.29) is 22.1 Å². The van der Waals surface area contributed by atoms with Gasteiger partial charge in [0.05, 0.1) is 12.8 Å². The molecule has 0 bridgehead atoms. The summed E-state index contributed by atoms with van der Waals surface area (Å²) in [6.07, 6.45) is 1.09. The number of hydrogen-bond acceptors (Lipinski definition) is 5. The number of rotatable bonds is 4. The van der Waals surface area contributed by atoms with E-state index in [9.17, 15) is 18.3 Å². The molecule has 1 heterocycles. The molecule has 0 saturated heterocycles. The number of methoxy groups -OCH3 is 1. The first kappa shape index (κ1) is 13.9. The van der Waals surface area contributed by atoms with Gasteiger partial charge < -0.3 is 14.8 Å². The topological polar surface area (TPSA) is 108 Å². The van der Waals surface area contributed by atoms with Crippen LogP contribution in [0.4, 0.5) is 5.69 Å². The Morgan fingerprint density at radius 3 is 2.55 bits per heavy atom. The molecule has 2 aromatic rings. The number of hydrogen-bond donors (Lipinski definition) is 3. The molecule has 0 aliphatic rings. The van der Waals surface area contributed by atoms with Gasteiger partial charge in [0.1, 0.15) is 4.90 Å². The van der Waals surface area contributed by atoms with Crippen LogP contribution in [0.5, 0.6) is 11.5 Å². The van der Waals surface area contributed by atoms with Crippen molar-refractivity contribution in [3.63, 3.8) is 0 Å². The van der Waals surface area contributed by atoms with Crippen LogP contribution in [0.25, 0.3) is 0 Å². The highest BCUT2D eigenvalue weighted by atomic mass is 32.2. The minimum absolute atomic E-state index is 0.0904. The summed E-state index contributed by atoms with van der Waals surface area (Å²) >= 11 is 0. The molecule has 106 valence electrons. The molecule has 1 aromatic heterocycles. The lowest BCUT2D eigenvalue weighted by molar-refractivity contribution is 0.373. The van der Waals surface area contributed by atoms with E-state index in [1.54, 1.807) is 0 Å². The van der Waals surface area contributed by atoms with Crippen LogP contribution in [0.3, 0.4) is 0 Å². The van der Waals surface area contributed by atoms with Crippen molar-refractivity contribution in [3.8, 4) is 11.5 Å². The van der Waals surface area contributed by atoms with Gasteiger partial charge in [-0.2, -0.15) is 0 Å². The highest BCUT2D eigenvalue weighted by molar-refractivity contribution is 7.92. The molecule has 3 N–H and O–H groups in total. The molecule has 0 radical (unpaired) electrons. The van der Waals surface area contributed by atoms with Gasteiger partial charge in [0.2, 0.25) is 5.56 Å². The summed E-state index contributed by atoms with van der Waals surface area (Å²) in [5.41, 5.74) is -0.222. The Morgan fingerprint density at radius 2 is 2.00 bits per heavy atom. The molecular weight excluding hydrogens is 284 g/mol. The van der Waals surface area contributed by atoms with Crippen LogP contribution >= 0.6 is 0 Å². The summed E-state index contributed by atoms with van der Waals surface area (Å²) in [5, 5.41) is 9.59. The Labute approximate surface area is 114 Å². The van der Waals surface area contributed by atoms with E-state index >= 15 is 0 Å². The lowest BCUT2D eigenvalue weighted by Crippen LogP contribution is -2.15. The van der Waals surface area contributed by atoms with Crippen LogP contribution in [0.15, 0.2) is 46.2 Å². The normalized spacial score (nSPS) is 11.1. The van der Waals surface area contributed by atoms with Crippen molar-refractivity contribution >= 4 is 15.7 Å². The van der Waals surface area contributed by atoms with Gasteiger partial charge >= 0.3 is 0 Å². The maximum atomic E-state index is 12.0. The van der Waals surface area contributed by atoms with Crippen molar-refractivity contribution in [2.45, 2.75) is 4.90 Å². The summed E-state index contributed by atoms with van der Waals surface area (Å²) in [6.45, 7) is 0. The molecule has 2 rings (SSSR count). The van der Waals surface area contributed by atoms with Gasteiger partial charge in [0.15, 0.2) is 11.5 Å². The number of aromatic amines is 1. The average molecular weight is 296 g/mol. The second-order valence-corrected chi connectivity index (χ2v) is 5.56. The highest BCUT2D eigenvalue weighted by Crippen LogP contribution is 2.29. The Balaban J connectivity index is 2.30. The van der Waals surface area contributed by atoms with Gasteiger partial charge in [-0.1, -0.05) is 0 Å². The van der Waals surface area contributed by atoms with Gasteiger partial charge in [-0.25, -0.2) is 8.42 Å². The molecule has 0 fully saturated rings. The fourth-order valence-corrected chi connectivity index (χ4v) is 2.55. The predicted octanol–water partition coefficient (Wildman–Crippen LogP) is 0.890. The number of aromatic hydroxyl groups is 1. The Hall–Kier alpha value is -2.48. The number of nitrogens with one attached hydrogen (secondary N) is 2. The molecular formula is C12H12N2O5S. The van der Waals surface area contributed by atoms with Crippen molar-refractivity contribution in [1.82, 2.24) is 4.98 Å². The Kier molecular flexibility index (Phi) is 3.66. The van der Waals surface area contributed by atoms with Crippen molar-refractivity contribution in [2.75, 3.05) is 11.8 Å². The van der Waals surface area contributed by atoms with Crippen LogP contribution in [-0.2, 0) is 10.0 Å². The Morgan fingerprint density at radius 1 is 1.25 bits per heavy atom. The number of anilines is 1. The zero-order valence-corrected chi connectivity index (χ0v) is 11.3. The van der Waals surface area contributed by atoms with Gasteiger partial charge in [-0.05, 0) is 18.2 Å². The second kappa shape index (κ2) is 5.25. The SMILES string of the molecule is COc1ccc(NS(=O)(=O)c2ccc(=O)[nH]c2)cc1O. The largest absolute Gasteiger partial charge is 0.504 e. The fourth-order valence-electron chi connectivity index (χ4n) is 1.53. The predicted molar refractivity (Wildman–Crippen MR) is 72.5 cm³/mol. The van der Waals surface area contributed by atoms with Crippen LogP contribution in [0, 0.1) is 0 Å². The summed E-state index contributed by atoms with van der Waals surface area (Å²) in [5.74, 6) is 0.0474. The van der Waals surface area contributed by atoms with Crippen molar-refractivity contribution < 1.29 is 18.3 Å². The molecule has 20 heavy (non-hydrogen) atoms. The number of H-pyrrole nitrogens is 1. The van der Waals surface area contributed by atoms with Gasteiger partial charge in [-0.15, -0.1) is 0 Å². The van der Waals surface area contributed by atoms with E-state index in [1.807, 2.05) is 0 Å². The third-order valence-corrected chi connectivity index (χ3v) is 3.88. The van der Waals surface area contributed by atoms with Crippen LogP contribution in [-0.4, -0.2) is 25.6 Å². The average Bonchev–Trinajstić information content (AvgIpc) is 2.39. The Bertz CT molecular complexity index is 762. The number of phenolic OH excluding ortho intramolecular Hbond substituents is 1. The van der Waals surface area contributed by atoms with E-state index < -0.39 is 15.6 Å². The quantitative estimate of drug-likeness (QED) is 0.776. The molecule has 1 aromatic carbocycles. The molecule has 0 aliphatic heterocycles. The van der Waals surface area contributed by atoms with Crippen molar-refractivity contribution in [1.29, 1.82) is 0 Å². The summed E-state index contributed by atoms with van der Waals surface area (Å²) in [4.78, 5) is 13.1. The first-order valence-corrected chi connectivity index (χ1v) is 6.99. The standard InChI is InChI=1S/C12H12N2O5S/c1-19-11-4-2-8(6-10(11)15)14-20(17,18)9-3-5-12(16)13-7-9/h2-7,14-15H,1H3,(H,13,16). The maximum Gasteiger partial charge on any atom is 0.263 e. The minimum Gasteiger partial charge on any atom is -0.504 e. The number of aromatic nitrogens is 1. The number of pyridine rings is 1. The summed E-state index contributed by atoms with van der Waals surface area (Å²) in [7, 11) is -2.45. The van der Waals surface area contributed by atoms with E-state index in [0.29, 0.717) is 0 Å². The van der Waals surface area contributed by atoms with Crippen LogP contribution in [0.2, 0.25) is 0 Å². The van der Waals surface area contributed by atoms with E-state index in [4.69, 9.17) is 4.74 Å². The highest BCUT2D eigenvalue weighted by Gasteiger charge is 2.15. The third kappa shape index (κ3) is 2.91. The van der Waals surface area contributed by atoms with Crippen LogP contribution in [0.1, 0.15) is 0 Å². The van der Waals surface area contributed by atoms with Crippen LogP contribution < -0.4 is 15.0 Å². The fraction of sp³-hybridized carbons (Fsp3) is 0.0833. The monoisotopic (exact) mass is 296 g/mol. The molecule has 0 unspecified atom stereocenters.